The molecule has 0 amide bonds. The first-order valence-corrected chi connectivity index (χ1v) is 10.8. The highest BCUT2D eigenvalue weighted by Crippen LogP contribution is 2.62. The van der Waals surface area contributed by atoms with Gasteiger partial charge in [-0.25, -0.2) is 4.79 Å². The lowest BCUT2D eigenvalue weighted by Gasteiger charge is -2.58. The summed E-state index contributed by atoms with van der Waals surface area (Å²) in [6.45, 7) is 8.85. The van der Waals surface area contributed by atoms with Crippen LogP contribution in [0.4, 0.5) is 5.69 Å². The molecule has 5 N–H and O–H groups in total. The van der Waals surface area contributed by atoms with E-state index in [2.05, 4.69) is 39.1 Å². The monoisotopic (exact) mass is 431 g/mol. The van der Waals surface area contributed by atoms with Gasteiger partial charge in [-0.05, 0) is 61.7 Å². The fourth-order valence-corrected chi connectivity index (χ4v) is 5.89. The molecule has 0 spiro atoms. The quantitative estimate of drug-likeness (QED) is 0.150. The van der Waals surface area contributed by atoms with Crippen LogP contribution in [-0.2, 0) is 16.0 Å². The van der Waals surface area contributed by atoms with E-state index in [0.717, 1.165) is 31.7 Å². The Balaban J connectivity index is 2.05. The van der Waals surface area contributed by atoms with Crippen LogP contribution in [-0.4, -0.2) is 38.7 Å². The van der Waals surface area contributed by atoms with Crippen LogP contribution >= 0.6 is 0 Å². The number of carboxylic acid groups (broad SMARTS) is 1. The van der Waals surface area contributed by atoms with Crippen LogP contribution in [0, 0.1) is 22.7 Å². The van der Waals surface area contributed by atoms with Crippen molar-refractivity contribution in [2.45, 2.75) is 65.8 Å². The summed E-state index contributed by atoms with van der Waals surface area (Å²) < 4.78 is 0. The Bertz CT molecular complexity index is 925. The van der Waals surface area contributed by atoms with Crippen molar-refractivity contribution in [3.05, 3.63) is 23.3 Å². The van der Waals surface area contributed by atoms with Gasteiger partial charge in [0.1, 0.15) is 5.75 Å². The maximum Gasteiger partial charge on any atom is 0.333 e. The number of fused-ring (bicyclic) bond motifs is 1. The Morgan fingerprint density at radius 1 is 1.26 bits per heavy atom. The van der Waals surface area contributed by atoms with Crippen molar-refractivity contribution in [3.8, 4) is 17.2 Å². The number of carbonyl (C=O) groups excluding carboxylic acids is 1. The van der Waals surface area contributed by atoms with Crippen molar-refractivity contribution >= 4 is 17.9 Å². The Labute approximate surface area is 182 Å². The van der Waals surface area contributed by atoms with E-state index in [0.29, 0.717) is 18.3 Å². The summed E-state index contributed by atoms with van der Waals surface area (Å²) in [6, 6.07) is -0.543. The van der Waals surface area contributed by atoms with Crippen molar-refractivity contribution in [2.75, 3.05) is 5.32 Å². The van der Waals surface area contributed by atoms with Crippen molar-refractivity contribution in [1.82, 2.24) is 0 Å². The Morgan fingerprint density at radius 3 is 2.55 bits per heavy atom. The number of carbonyl (C=O) groups is 2. The van der Waals surface area contributed by atoms with E-state index in [1.54, 1.807) is 0 Å². The number of carboxylic acids is 1. The van der Waals surface area contributed by atoms with Crippen LogP contribution in [0.25, 0.3) is 0 Å². The molecular formula is C24H33NO6. The van der Waals surface area contributed by atoms with Crippen LogP contribution in [0.3, 0.4) is 0 Å². The minimum Gasteiger partial charge on any atom is -0.505 e. The van der Waals surface area contributed by atoms with Gasteiger partial charge in [-0.1, -0.05) is 32.4 Å². The number of allylic oxidation sites excluding steroid dienone is 2. The van der Waals surface area contributed by atoms with Crippen molar-refractivity contribution in [2.24, 2.45) is 22.7 Å². The van der Waals surface area contributed by atoms with Gasteiger partial charge in [0.05, 0.1) is 5.69 Å². The number of benzene rings is 1. The van der Waals surface area contributed by atoms with Crippen molar-refractivity contribution in [1.29, 1.82) is 0 Å². The van der Waals surface area contributed by atoms with Gasteiger partial charge in [-0.2, -0.15) is 0 Å². The third-order valence-corrected chi connectivity index (χ3v) is 8.22. The zero-order chi connectivity index (χ0) is 23.1. The van der Waals surface area contributed by atoms with Crippen LogP contribution < -0.4 is 5.32 Å². The highest BCUT2D eigenvalue weighted by molar-refractivity contribution is 5.94. The Hall–Kier alpha value is -2.70. The van der Waals surface area contributed by atoms with Crippen molar-refractivity contribution in [3.63, 3.8) is 0 Å². The van der Waals surface area contributed by atoms with E-state index in [1.165, 1.54) is 5.57 Å². The third-order valence-electron chi connectivity index (χ3n) is 8.22. The van der Waals surface area contributed by atoms with E-state index in [1.807, 2.05) is 0 Å². The molecule has 3 rings (SSSR count). The van der Waals surface area contributed by atoms with Crippen LogP contribution in [0.15, 0.2) is 17.7 Å². The normalized spacial score (nSPS) is 31.3. The lowest BCUT2D eigenvalue weighted by Crippen LogP contribution is -2.50. The number of aliphatic carboxylic acids is 1. The molecule has 2 aliphatic carbocycles. The zero-order valence-electron chi connectivity index (χ0n) is 18.6. The average molecular weight is 432 g/mol. The van der Waals surface area contributed by atoms with E-state index in [4.69, 9.17) is 5.11 Å². The number of phenols is 3. The summed E-state index contributed by atoms with van der Waals surface area (Å²) in [5, 5.41) is 43.4. The van der Waals surface area contributed by atoms with Gasteiger partial charge in [0.15, 0.2) is 23.8 Å². The number of hydrogen-bond donors (Lipinski definition) is 5. The summed E-state index contributed by atoms with van der Waals surface area (Å²) in [7, 11) is 0. The Morgan fingerprint density at radius 2 is 1.94 bits per heavy atom. The summed E-state index contributed by atoms with van der Waals surface area (Å²) in [5.41, 5.74) is 1.22. The first-order chi connectivity index (χ1) is 14.5. The molecule has 0 aliphatic heterocycles. The molecule has 7 nitrogen and oxygen atoms in total. The predicted octanol–water partition coefficient (Wildman–Crippen LogP) is 4.21. The lowest BCUT2D eigenvalue weighted by atomic mass is 9.47. The molecule has 1 aromatic carbocycles. The molecule has 0 heterocycles. The van der Waals surface area contributed by atoms with Crippen LogP contribution in [0.5, 0.6) is 17.2 Å². The van der Waals surface area contributed by atoms with Crippen LogP contribution in [0.2, 0.25) is 0 Å². The number of rotatable bonds is 6. The summed E-state index contributed by atoms with van der Waals surface area (Å²) in [5.74, 6) is -1.99. The molecule has 31 heavy (non-hydrogen) atoms. The number of hydrogen-bond acceptors (Lipinski definition) is 6. The number of aldehydes is 1. The fourth-order valence-electron chi connectivity index (χ4n) is 5.89. The molecule has 1 saturated carbocycles. The van der Waals surface area contributed by atoms with Crippen molar-refractivity contribution < 1.29 is 30.0 Å². The second-order valence-corrected chi connectivity index (χ2v) is 9.77. The lowest BCUT2D eigenvalue weighted by molar-refractivity contribution is -0.139. The van der Waals surface area contributed by atoms with Gasteiger partial charge in [0.2, 0.25) is 0 Å². The second kappa shape index (κ2) is 8.09. The molecule has 0 unspecified atom stereocenters. The summed E-state index contributed by atoms with van der Waals surface area (Å²) in [6.07, 6.45) is 6.92. The first kappa shape index (κ1) is 23.0. The number of anilines is 1. The maximum atomic E-state index is 11.2. The Kier molecular flexibility index (Phi) is 6.00. The highest BCUT2D eigenvalue weighted by Gasteiger charge is 2.53. The minimum absolute atomic E-state index is 0.0363. The molecule has 1 aromatic rings. The van der Waals surface area contributed by atoms with E-state index in [-0.39, 0.29) is 34.1 Å². The fraction of sp³-hybridized carbons (Fsp3) is 0.583. The molecule has 1 fully saturated rings. The average Bonchev–Trinajstić information content (AvgIpc) is 2.71. The predicted molar refractivity (Wildman–Crippen MR) is 117 cm³/mol. The van der Waals surface area contributed by atoms with Crippen LogP contribution in [0.1, 0.15) is 58.9 Å². The molecule has 2 aliphatic rings. The summed E-state index contributed by atoms with van der Waals surface area (Å²) in [4.78, 5) is 22.3. The van der Waals surface area contributed by atoms with Gasteiger partial charge in [-0.15, -0.1) is 0 Å². The number of nitrogens with one attached hydrogen (secondary N) is 1. The zero-order valence-corrected chi connectivity index (χ0v) is 18.6. The van der Waals surface area contributed by atoms with Gasteiger partial charge >= 0.3 is 5.97 Å². The minimum atomic E-state index is -1.58. The van der Waals surface area contributed by atoms with E-state index >= 15 is 0 Å². The smallest absolute Gasteiger partial charge is 0.333 e. The largest absolute Gasteiger partial charge is 0.505 e. The standard InChI is InChI=1S/C24H33NO6/c1-13-6-5-7-19-23(13,3)9-8-14(2)24(19,4)11-15-20(28)16(10-18(27)21(15)29)25-17(12-26)22(30)31/h6,10,12,14,17,19,25,27-29H,5,7-9,11H2,1-4H3,(H,30,31)/t14-,17+,19-,23-,24-/m1/s1. The van der Waals surface area contributed by atoms with Gasteiger partial charge in [0.25, 0.3) is 0 Å². The second-order valence-electron chi connectivity index (χ2n) is 9.77. The van der Waals surface area contributed by atoms with Gasteiger partial charge in [0, 0.05) is 11.6 Å². The summed E-state index contributed by atoms with van der Waals surface area (Å²) >= 11 is 0. The molecular weight excluding hydrogens is 398 g/mol. The highest BCUT2D eigenvalue weighted by atomic mass is 16.4. The topological polar surface area (TPSA) is 127 Å². The third kappa shape index (κ3) is 3.75. The SMILES string of the molecule is CC1=CCC[C@H]2[C@](C)(Cc3c(O)c(O)cc(N[C@@H](C=O)C(=O)O)c3O)[C@H](C)CC[C@]12C. The van der Waals surface area contributed by atoms with E-state index in [9.17, 15) is 24.9 Å². The molecule has 0 aromatic heterocycles. The maximum absolute atomic E-state index is 11.2. The molecule has 0 bridgehead atoms. The van der Waals surface area contributed by atoms with E-state index < -0.39 is 23.5 Å². The first-order valence-electron chi connectivity index (χ1n) is 10.8. The molecule has 0 saturated heterocycles. The molecule has 170 valence electrons. The van der Waals surface area contributed by atoms with Gasteiger partial charge < -0.3 is 30.5 Å². The molecule has 0 radical (unpaired) electrons. The molecule has 7 heteroatoms. The molecule has 5 atom stereocenters. The number of phenolic OH excluding ortho intramolecular Hbond substituents is 3. The number of aromatic hydroxyl groups is 3. The van der Waals surface area contributed by atoms with Gasteiger partial charge in [-0.3, -0.25) is 0 Å².